The van der Waals surface area contributed by atoms with E-state index >= 15 is 0 Å². The van der Waals surface area contributed by atoms with Crippen LogP contribution in [0.5, 0.6) is 0 Å². The van der Waals surface area contributed by atoms with Crippen molar-refractivity contribution in [2.24, 2.45) is 11.1 Å². The second kappa shape index (κ2) is 5.74. The summed E-state index contributed by atoms with van der Waals surface area (Å²) in [7, 11) is 0. The summed E-state index contributed by atoms with van der Waals surface area (Å²) in [5.74, 6) is 2.06. The van der Waals surface area contributed by atoms with Gasteiger partial charge in [0.25, 0.3) is 0 Å². The first-order valence-corrected chi connectivity index (χ1v) is 8.98. The van der Waals surface area contributed by atoms with E-state index in [1.807, 2.05) is 19.9 Å². The molecule has 0 saturated carbocycles. The van der Waals surface area contributed by atoms with E-state index in [-0.39, 0.29) is 41.2 Å². The van der Waals surface area contributed by atoms with Crippen molar-refractivity contribution in [2.75, 3.05) is 11.4 Å². The number of nitrogens with two attached hydrogens (primary N) is 1. The minimum atomic E-state index is -1.60. The van der Waals surface area contributed by atoms with E-state index in [2.05, 4.69) is 5.92 Å². The number of amides is 1. The molecule has 140 valence electrons. The predicted octanol–water partition coefficient (Wildman–Crippen LogP) is 2.27. The number of hydrogen-bond acceptors (Lipinski definition) is 5. The Hall–Kier alpha value is -3.51. The number of ketones is 1. The highest BCUT2D eigenvalue weighted by molar-refractivity contribution is 6.20. The van der Waals surface area contributed by atoms with Crippen molar-refractivity contribution >= 4 is 17.4 Å². The van der Waals surface area contributed by atoms with Gasteiger partial charge in [-0.1, -0.05) is 38.0 Å². The lowest BCUT2D eigenvalue weighted by Crippen LogP contribution is -2.50. The molecule has 6 nitrogen and oxygen atoms in total. The number of anilines is 1. The lowest BCUT2D eigenvalue weighted by Gasteiger charge is -2.41. The molecule has 1 aromatic rings. The minimum absolute atomic E-state index is 0.0271. The fraction of sp³-hybridized carbons (Fsp3) is 0.318. The van der Waals surface area contributed by atoms with Gasteiger partial charge in [-0.25, -0.2) is 0 Å². The third-order valence-corrected chi connectivity index (χ3v) is 5.59. The van der Waals surface area contributed by atoms with Crippen molar-refractivity contribution in [3.05, 3.63) is 52.6 Å². The zero-order valence-corrected chi connectivity index (χ0v) is 15.7. The summed E-state index contributed by atoms with van der Waals surface area (Å²) in [4.78, 5) is 28.5. The molecule has 0 radical (unpaired) electrons. The van der Waals surface area contributed by atoms with Crippen molar-refractivity contribution in [2.45, 2.75) is 32.1 Å². The van der Waals surface area contributed by atoms with Crippen LogP contribution in [0.3, 0.4) is 0 Å². The molecule has 2 N–H and O–H groups in total. The molecule has 1 aliphatic carbocycles. The second-order valence-electron chi connectivity index (χ2n) is 8.05. The normalized spacial score (nSPS) is 25.2. The molecule has 2 heterocycles. The van der Waals surface area contributed by atoms with E-state index in [1.165, 1.54) is 4.90 Å². The molecule has 0 fully saturated rings. The molecule has 0 unspecified atom stereocenters. The molecule has 0 bridgehead atoms. The largest absolute Gasteiger partial charge is 0.444 e. The molecule has 0 aromatic heterocycles. The van der Waals surface area contributed by atoms with Crippen LogP contribution in [0.25, 0.3) is 0 Å². The Morgan fingerprint density at radius 1 is 1.29 bits per heavy atom. The topological polar surface area (TPSA) is 96.4 Å². The molecule has 4 rings (SSSR count). The molecule has 1 amide bonds. The van der Waals surface area contributed by atoms with Crippen LogP contribution in [-0.2, 0) is 19.7 Å². The second-order valence-corrected chi connectivity index (χ2v) is 8.05. The Morgan fingerprint density at radius 3 is 2.68 bits per heavy atom. The number of carbonyl (C=O) groups excluding carboxylic acids is 2. The van der Waals surface area contributed by atoms with E-state index < -0.39 is 11.3 Å². The number of Topliss-reactive ketones (excluding diaryl/α,β-unsaturated/α-hetero) is 1. The highest BCUT2D eigenvalue weighted by Gasteiger charge is 2.62. The van der Waals surface area contributed by atoms with Gasteiger partial charge in [0.1, 0.15) is 22.8 Å². The number of fused-ring (bicyclic) bond motifs is 3. The lowest BCUT2D eigenvalue weighted by molar-refractivity contribution is -0.125. The van der Waals surface area contributed by atoms with Crippen LogP contribution in [0.4, 0.5) is 5.69 Å². The third-order valence-electron chi connectivity index (χ3n) is 5.59. The zero-order chi connectivity index (χ0) is 20.3. The number of carbonyl (C=O) groups is 2. The summed E-state index contributed by atoms with van der Waals surface area (Å²) < 4.78 is 5.73. The maximum absolute atomic E-state index is 13.8. The van der Waals surface area contributed by atoms with Crippen molar-refractivity contribution < 1.29 is 14.3 Å². The summed E-state index contributed by atoms with van der Waals surface area (Å²) in [6.45, 7) is 3.94. The number of para-hydroxylation sites is 1. The van der Waals surface area contributed by atoms with Gasteiger partial charge in [-0.05, 0) is 11.5 Å². The average Bonchev–Trinajstić information content (AvgIpc) is 2.85. The Labute approximate surface area is 163 Å². The van der Waals surface area contributed by atoms with E-state index in [4.69, 9.17) is 16.9 Å². The number of nitriles is 1. The van der Waals surface area contributed by atoms with Crippen LogP contribution in [0.1, 0.15) is 32.3 Å². The smallest absolute Gasteiger partial charge is 0.248 e. The van der Waals surface area contributed by atoms with Gasteiger partial charge < -0.3 is 10.5 Å². The standard InChI is InChI=1S/C22H19N3O3/c1-4-9-25-15-8-6-5-7-13(15)22(20(25)27)14(12-23)19(24)28-17-11-21(2,3)10-16(26)18(17)22/h1,5-8H,9-11,24H2,2-3H3/t22-/m1/s1. The third kappa shape index (κ3) is 2.09. The molecule has 1 atom stereocenters. The maximum Gasteiger partial charge on any atom is 0.248 e. The molecule has 1 spiro atoms. The molecule has 6 heteroatoms. The van der Waals surface area contributed by atoms with Gasteiger partial charge in [-0.2, -0.15) is 5.26 Å². The van der Waals surface area contributed by atoms with Crippen LogP contribution < -0.4 is 10.6 Å². The maximum atomic E-state index is 13.8. The molecular weight excluding hydrogens is 354 g/mol. The highest BCUT2D eigenvalue weighted by atomic mass is 16.5. The van der Waals surface area contributed by atoms with E-state index in [1.54, 1.807) is 24.3 Å². The summed E-state index contributed by atoms with van der Waals surface area (Å²) >= 11 is 0. The van der Waals surface area contributed by atoms with Crippen molar-refractivity contribution in [1.82, 2.24) is 0 Å². The number of allylic oxidation sites excluding steroid dienone is 1. The number of terminal acetylenes is 1. The Balaban J connectivity index is 2.10. The zero-order valence-electron chi connectivity index (χ0n) is 15.7. The van der Waals surface area contributed by atoms with Gasteiger partial charge in [0.05, 0.1) is 12.1 Å². The first-order valence-electron chi connectivity index (χ1n) is 8.98. The Bertz CT molecular complexity index is 1080. The number of benzene rings is 1. The van der Waals surface area contributed by atoms with Crippen molar-refractivity contribution in [3.8, 4) is 18.4 Å². The lowest BCUT2D eigenvalue weighted by atomic mass is 9.62. The van der Waals surface area contributed by atoms with Crippen LogP contribution >= 0.6 is 0 Å². The number of rotatable bonds is 1. The predicted molar refractivity (Wildman–Crippen MR) is 102 cm³/mol. The molecule has 1 aromatic carbocycles. The van der Waals surface area contributed by atoms with Crippen LogP contribution in [0.15, 0.2) is 47.1 Å². The first-order chi connectivity index (χ1) is 13.3. The molecule has 0 saturated heterocycles. The van der Waals surface area contributed by atoms with E-state index in [9.17, 15) is 14.9 Å². The van der Waals surface area contributed by atoms with Gasteiger partial charge in [0, 0.05) is 24.1 Å². The molecule has 28 heavy (non-hydrogen) atoms. The highest BCUT2D eigenvalue weighted by Crippen LogP contribution is 2.57. The summed E-state index contributed by atoms with van der Waals surface area (Å²) in [6, 6.07) is 9.10. The fourth-order valence-corrected chi connectivity index (χ4v) is 4.59. The van der Waals surface area contributed by atoms with E-state index in [0.29, 0.717) is 23.4 Å². The van der Waals surface area contributed by atoms with Crippen molar-refractivity contribution in [3.63, 3.8) is 0 Å². The summed E-state index contributed by atoms with van der Waals surface area (Å²) in [5, 5.41) is 9.91. The average molecular weight is 373 g/mol. The van der Waals surface area contributed by atoms with E-state index in [0.717, 1.165) is 0 Å². The van der Waals surface area contributed by atoms with Crippen LogP contribution in [-0.4, -0.2) is 18.2 Å². The Kier molecular flexibility index (Phi) is 3.67. The molecular formula is C22H19N3O3. The number of ether oxygens (including phenoxy) is 1. The van der Waals surface area contributed by atoms with Gasteiger partial charge in [-0.3, -0.25) is 14.5 Å². The number of hydrogen-bond donors (Lipinski definition) is 1. The van der Waals surface area contributed by atoms with Crippen LogP contribution in [0, 0.1) is 29.1 Å². The molecule has 2 aliphatic heterocycles. The van der Waals surface area contributed by atoms with Gasteiger partial charge in [-0.15, -0.1) is 6.42 Å². The summed E-state index contributed by atoms with van der Waals surface area (Å²) in [6.07, 6.45) is 6.18. The monoisotopic (exact) mass is 373 g/mol. The first kappa shape index (κ1) is 17.9. The quantitative estimate of drug-likeness (QED) is 0.762. The minimum Gasteiger partial charge on any atom is -0.444 e. The Morgan fingerprint density at radius 2 is 2.00 bits per heavy atom. The fourth-order valence-electron chi connectivity index (χ4n) is 4.59. The molecule has 3 aliphatic rings. The van der Waals surface area contributed by atoms with Gasteiger partial charge >= 0.3 is 0 Å². The van der Waals surface area contributed by atoms with Crippen molar-refractivity contribution in [1.29, 1.82) is 5.26 Å². The summed E-state index contributed by atoms with van der Waals surface area (Å²) in [5.41, 5.74) is 5.45. The van der Waals surface area contributed by atoms with Crippen LogP contribution in [0.2, 0.25) is 0 Å². The van der Waals surface area contributed by atoms with Gasteiger partial charge in [0.15, 0.2) is 5.78 Å². The van der Waals surface area contributed by atoms with Gasteiger partial charge in [0.2, 0.25) is 11.8 Å². The number of nitrogens with zero attached hydrogens (tertiary/aromatic N) is 2. The SMILES string of the molecule is C#CCN1C(=O)[C@@]2(C(C#N)=C(N)OC3=C2C(=O)CC(C)(C)C3)c2ccccc21.